The lowest BCUT2D eigenvalue weighted by atomic mass is 10.0. The molecule has 0 fully saturated rings. The summed E-state index contributed by atoms with van der Waals surface area (Å²) in [5.74, 6) is 0. The molecule has 2 aromatic carbocycles. The summed E-state index contributed by atoms with van der Waals surface area (Å²) in [6, 6.07) is 13.7. The maximum absolute atomic E-state index is 3.66. The fraction of sp³-hybridized carbons (Fsp3) is 0.368. The van der Waals surface area contributed by atoms with E-state index in [1.165, 1.54) is 58.8 Å². The standard InChI is InChI=1S/C19H23N2P/c1-22(16-10-2-6-14-8-4-12-20-18(14)16)17-11-3-7-15-9-5-13-21-19(15)17/h2-3,6-7,10-11,20-21H,4-5,8-9,12-13H2,1H3. The van der Waals surface area contributed by atoms with E-state index in [4.69, 9.17) is 0 Å². The average molecular weight is 310 g/mol. The van der Waals surface area contributed by atoms with E-state index in [0.717, 1.165) is 13.1 Å². The number of hydrogen-bond acceptors (Lipinski definition) is 2. The molecule has 2 aromatic rings. The smallest absolute Gasteiger partial charge is 0.0454 e. The molecular weight excluding hydrogens is 287 g/mol. The Labute approximate surface area is 134 Å². The molecule has 2 nitrogen and oxygen atoms in total. The minimum absolute atomic E-state index is 0.325. The molecule has 22 heavy (non-hydrogen) atoms. The number of benzene rings is 2. The first-order valence-electron chi connectivity index (χ1n) is 8.30. The lowest BCUT2D eigenvalue weighted by Crippen LogP contribution is -2.25. The number of aryl methyl sites for hydroxylation is 2. The second kappa shape index (κ2) is 5.93. The zero-order valence-electron chi connectivity index (χ0n) is 13.2. The van der Waals surface area contributed by atoms with Crippen LogP contribution in [0.2, 0.25) is 0 Å². The molecular formula is C19H23N2P. The zero-order valence-corrected chi connectivity index (χ0v) is 14.0. The van der Waals surface area contributed by atoms with Crippen molar-refractivity contribution in [2.24, 2.45) is 0 Å². The van der Waals surface area contributed by atoms with Gasteiger partial charge in [-0.15, -0.1) is 0 Å². The first kappa shape index (κ1) is 14.1. The van der Waals surface area contributed by atoms with Crippen LogP contribution in [0.3, 0.4) is 0 Å². The van der Waals surface area contributed by atoms with Gasteiger partial charge in [0.25, 0.3) is 0 Å². The van der Waals surface area contributed by atoms with Gasteiger partial charge in [0.15, 0.2) is 0 Å². The van der Waals surface area contributed by atoms with Gasteiger partial charge in [-0.05, 0) is 51.4 Å². The van der Waals surface area contributed by atoms with E-state index >= 15 is 0 Å². The van der Waals surface area contributed by atoms with Crippen molar-refractivity contribution in [2.45, 2.75) is 25.7 Å². The van der Waals surface area contributed by atoms with Crippen LogP contribution in [0, 0.1) is 0 Å². The van der Waals surface area contributed by atoms with Crippen molar-refractivity contribution < 1.29 is 0 Å². The molecule has 0 spiro atoms. The summed E-state index contributed by atoms with van der Waals surface area (Å²) in [6.45, 7) is 4.63. The van der Waals surface area contributed by atoms with Crippen molar-refractivity contribution in [1.29, 1.82) is 0 Å². The molecule has 2 aliphatic heterocycles. The SMILES string of the molecule is CP(c1cccc2c1NCCC2)c1cccc2c1NCCC2. The number of fused-ring (bicyclic) bond motifs is 2. The third-order valence-corrected chi connectivity index (χ3v) is 7.02. The van der Waals surface area contributed by atoms with Crippen LogP contribution in [0.15, 0.2) is 36.4 Å². The van der Waals surface area contributed by atoms with Crippen molar-refractivity contribution in [3.05, 3.63) is 47.5 Å². The molecule has 114 valence electrons. The van der Waals surface area contributed by atoms with Gasteiger partial charge in [0.05, 0.1) is 0 Å². The van der Waals surface area contributed by atoms with Gasteiger partial charge >= 0.3 is 0 Å². The highest BCUT2D eigenvalue weighted by Gasteiger charge is 2.21. The highest BCUT2D eigenvalue weighted by molar-refractivity contribution is 7.73. The van der Waals surface area contributed by atoms with Gasteiger partial charge < -0.3 is 10.6 Å². The van der Waals surface area contributed by atoms with Crippen LogP contribution in [-0.2, 0) is 12.8 Å². The largest absolute Gasteiger partial charge is 0.384 e. The predicted molar refractivity (Wildman–Crippen MR) is 98.6 cm³/mol. The third-order valence-electron chi connectivity index (χ3n) is 4.83. The Kier molecular flexibility index (Phi) is 3.80. The van der Waals surface area contributed by atoms with Crippen molar-refractivity contribution in [3.8, 4) is 0 Å². The van der Waals surface area contributed by atoms with Gasteiger partial charge in [-0.1, -0.05) is 36.4 Å². The molecule has 2 heterocycles. The van der Waals surface area contributed by atoms with Crippen molar-refractivity contribution >= 4 is 29.9 Å². The first-order chi connectivity index (χ1) is 10.8. The van der Waals surface area contributed by atoms with Crippen LogP contribution in [0.1, 0.15) is 24.0 Å². The second-order valence-electron chi connectivity index (χ2n) is 6.24. The van der Waals surface area contributed by atoms with Crippen molar-refractivity contribution in [1.82, 2.24) is 0 Å². The molecule has 0 amide bonds. The Morgan fingerprint density at radius 2 is 1.27 bits per heavy atom. The fourth-order valence-electron chi connectivity index (χ4n) is 3.67. The first-order valence-corrected chi connectivity index (χ1v) is 10.1. The van der Waals surface area contributed by atoms with E-state index in [9.17, 15) is 0 Å². The molecule has 0 saturated heterocycles. The number of anilines is 2. The van der Waals surface area contributed by atoms with E-state index in [1.807, 2.05) is 0 Å². The third kappa shape index (κ3) is 2.40. The highest BCUT2D eigenvalue weighted by atomic mass is 31.1. The fourth-order valence-corrected chi connectivity index (χ4v) is 5.67. The van der Waals surface area contributed by atoms with Crippen molar-refractivity contribution in [2.75, 3.05) is 30.4 Å². The highest BCUT2D eigenvalue weighted by Crippen LogP contribution is 2.38. The van der Waals surface area contributed by atoms with E-state index < -0.39 is 0 Å². The van der Waals surface area contributed by atoms with Crippen LogP contribution >= 0.6 is 7.92 Å². The maximum Gasteiger partial charge on any atom is 0.0454 e. The van der Waals surface area contributed by atoms with Crippen molar-refractivity contribution in [3.63, 3.8) is 0 Å². The minimum atomic E-state index is -0.325. The summed E-state index contributed by atoms with van der Waals surface area (Å²) >= 11 is 0. The molecule has 0 radical (unpaired) electrons. The van der Waals surface area contributed by atoms with Crippen LogP contribution in [0.25, 0.3) is 0 Å². The van der Waals surface area contributed by atoms with Crippen LogP contribution < -0.4 is 21.2 Å². The molecule has 0 saturated carbocycles. The van der Waals surface area contributed by atoms with Crippen LogP contribution in [0.5, 0.6) is 0 Å². The summed E-state index contributed by atoms with van der Waals surface area (Å²) in [5.41, 5.74) is 5.82. The number of rotatable bonds is 2. The molecule has 0 unspecified atom stereocenters. The monoisotopic (exact) mass is 310 g/mol. The molecule has 0 aromatic heterocycles. The van der Waals surface area contributed by atoms with E-state index in [1.54, 1.807) is 0 Å². The Hall–Kier alpha value is -1.53. The quantitative estimate of drug-likeness (QED) is 0.830. The van der Waals surface area contributed by atoms with E-state index in [-0.39, 0.29) is 7.92 Å². The van der Waals surface area contributed by atoms with Crippen LogP contribution in [-0.4, -0.2) is 19.8 Å². The van der Waals surface area contributed by atoms with Gasteiger partial charge in [-0.3, -0.25) is 0 Å². The molecule has 4 rings (SSSR count). The van der Waals surface area contributed by atoms with E-state index in [0.29, 0.717) is 0 Å². The van der Waals surface area contributed by atoms with Gasteiger partial charge in [0.2, 0.25) is 0 Å². The number of nitrogens with one attached hydrogen (secondary N) is 2. The number of hydrogen-bond donors (Lipinski definition) is 2. The minimum Gasteiger partial charge on any atom is -0.384 e. The summed E-state index contributed by atoms with van der Waals surface area (Å²) < 4.78 is 0. The summed E-state index contributed by atoms with van der Waals surface area (Å²) in [6.07, 6.45) is 4.93. The number of para-hydroxylation sites is 2. The summed E-state index contributed by atoms with van der Waals surface area (Å²) in [7, 11) is -0.325. The molecule has 0 atom stereocenters. The van der Waals surface area contributed by atoms with E-state index in [2.05, 4.69) is 53.7 Å². The summed E-state index contributed by atoms with van der Waals surface area (Å²) in [4.78, 5) is 0. The topological polar surface area (TPSA) is 24.1 Å². The van der Waals surface area contributed by atoms with Gasteiger partial charge in [0, 0.05) is 35.1 Å². The molecule has 0 aliphatic carbocycles. The normalized spacial score (nSPS) is 16.5. The lowest BCUT2D eigenvalue weighted by Gasteiger charge is -2.28. The van der Waals surface area contributed by atoms with Gasteiger partial charge in [-0.2, -0.15) is 0 Å². The van der Waals surface area contributed by atoms with Gasteiger partial charge in [-0.25, -0.2) is 0 Å². The van der Waals surface area contributed by atoms with Crippen LogP contribution in [0.4, 0.5) is 11.4 Å². The maximum atomic E-state index is 3.66. The molecule has 2 aliphatic rings. The Morgan fingerprint density at radius 3 is 1.77 bits per heavy atom. The Balaban J connectivity index is 1.78. The molecule has 0 bridgehead atoms. The molecule has 3 heteroatoms. The lowest BCUT2D eigenvalue weighted by molar-refractivity contribution is 0.832. The summed E-state index contributed by atoms with van der Waals surface area (Å²) in [5, 5.41) is 10.3. The van der Waals surface area contributed by atoms with Gasteiger partial charge in [0.1, 0.15) is 0 Å². The average Bonchev–Trinajstić information content (AvgIpc) is 2.60. The zero-order chi connectivity index (χ0) is 14.9. The second-order valence-corrected chi connectivity index (χ2v) is 8.32. The Morgan fingerprint density at radius 1 is 0.773 bits per heavy atom. The predicted octanol–water partition coefficient (Wildman–Crippen LogP) is 3.47. The Bertz CT molecular complexity index is 636. The molecule has 2 N–H and O–H groups in total.